The van der Waals surface area contributed by atoms with Crippen molar-refractivity contribution in [2.45, 2.75) is 37.1 Å². The second-order valence-electron chi connectivity index (χ2n) is 10.1. The van der Waals surface area contributed by atoms with Crippen LogP contribution in [0.3, 0.4) is 0 Å². The molecular weight excluding hydrogens is 468 g/mol. The number of aromatic nitrogens is 2. The average Bonchev–Trinajstić information content (AvgIpc) is 3.42. The molecular formula is C28H36N6O3. The summed E-state index contributed by atoms with van der Waals surface area (Å²) >= 11 is 0. The van der Waals surface area contributed by atoms with Gasteiger partial charge < -0.3 is 24.9 Å². The summed E-state index contributed by atoms with van der Waals surface area (Å²) in [5.41, 5.74) is 8.34. The summed E-state index contributed by atoms with van der Waals surface area (Å²) < 4.78 is 10.9. The van der Waals surface area contributed by atoms with Crippen molar-refractivity contribution in [3.05, 3.63) is 48.0 Å². The van der Waals surface area contributed by atoms with Crippen LogP contribution in [0.2, 0.25) is 0 Å². The number of hydrogen-bond donors (Lipinski definition) is 1. The van der Waals surface area contributed by atoms with Crippen LogP contribution >= 0.6 is 0 Å². The fourth-order valence-corrected chi connectivity index (χ4v) is 5.94. The highest BCUT2D eigenvalue weighted by Crippen LogP contribution is 2.39. The van der Waals surface area contributed by atoms with E-state index in [1.165, 1.54) is 5.56 Å². The normalized spacial score (nSPS) is 20.1. The number of rotatable bonds is 8. The molecule has 9 nitrogen and oxygen atoms in total. The molecule has 5 rings (SSSR count). The minimum atomic E-state index is -0.0758. The molecule has 0 saturated carbocycles. The number of nitrogen functional groups attached to an aromatic ring is 1. The molecule has 37 heavy (non-hydrogen) atoms. The number of nitrogens with zero attached hydrogens (tertiary/aromatic N) is 5. The first-order chi connectivity index (χ1) is 18.0. The smallest absolute Gasteiger partial charge is 0.227 e. The van der Waals surface area contributed by atoms with Gasteiger partial charge in [-0.2, -0.15) is 4.98 Å². The maximum Gasteiger partial charge on any atom is 0.227 e. The zero-order valence-corrected chi connectivity index (χ0v) is 21.9. The zero-order chi connectivity index (χ0) is 26.0. The molecule has 196 valence electrons. The fourth-order valence-electron chi connectivity index (χ4n) is 5.94. The molecule has 3 heterocycles. The summed E-state index contributed by atoms with van der Waals surface area (Å²) in [6.07, 6.45) is 5.06. The van der Waals surface area contributed by atoms with Crippen molar-refractivity contribution < 1.29 is 14.3 Å². The van der Waals surface area contributed by atoms with E-state index in [0.717, 1.165) is 63.5 Å². The molecule has 3 aromatic rings. The Balaban J connectivity index is 1.43. The molecule has 0 bridgehead atoms. The van der Waals surface area contributed by atoms with Crippen LogP contribution < -0.4 is 20.1 Å². The van der Waals surface area contributed by atoms with Gasteiger partial charge in [-0.1, -0.05) is 30.3 Å². The van der Waals surface area contributed by atoms with Crippen LogP contribution in [0.25, 0.3) is 10.9 Å². The number of nitrogens with two attached hydrogens (primary N) is 1. The van der Waals surface area contributed by atoms with Gasteiger partial charge in [-0.25, -0.2) is 15.0 Å². The van der Waals surface area contributed by atoms with Crippen LogP contribution in [0.4, 0.5) is 11.8 Å². The second-order valence-corrected chi connectivity index (χ2v) is 10.1. The van der Waals surface area contributed by atoms with E-state index in [4.69, 9.17) is 20.2 Å². The number of hydrazine groups is 1. The second kappa shape index (κ2) is 10.5. The lowest BCUT2D eigenvalue weighted by atomic mass is 9.72. The van der Waals surface area contributed by atoms with Crippen molar-refractivity contribution in [2.75, 3.05) is 58.1 Å². The average molecular weight is 505 g/mol. The van der Waals surface area contributed by atoms with Gasteiger partial charge in [0.2, 0.25) is 5.95 Å². The Labute approximate surface area is 218 Å². The van der Waals surface area contributed by atoms with Gasteiger partial charge in [-0.3, -0.25) is 0 Å². The predicted molar refractivity (Wildman–Crippen MR) is 145 cm³/mol. The maximum atomic E-state index is 11.6. The molecule has 0 aliphatic carbocycles. The SMILES string of the molecule is COc1cc2nc(N(C)CC3(c4ccccc4)CCN(N4CCCC4C=O)CC3)nc(N)c2cc1OC. The number of piperidine rings is 1. The van der Waals surface area contributed by atoms with Gasteiger partial charge in [0.25, 0.3) is 0 Å². The van der Waals surface area contributed by atoms with E-state index in [2.05, 4.69) is 50.2 Å². The van der Waals surface area contributed by atoms with Gasteiger partial charge >= 0.3 is 0 Å². The first kappa shape index (κ1) is 25.2. The third kappa shape index (κ3) is 4.81. The molecule has 0 radical (unpaired) electrons. The lowest BCUT2D eigenvalue weighted by Crippen LogP contribution is -2.55. The quantitative estimate of drug-likeness (QED) is 0.464. The van der Waals surface area contributed by atoms with E-state index in [0.29, 0.717) is 28.8 Å². The Bertz CT molecular complexity index is 1250. The van der Waals surface area contributed by atoms with Gasteiger partial charge in [0.15, 0.2) is 11.5 Å². The first-order valence-electron chi connectivity index (χ1n) is 12.9. The Kier molecular flexibility index (Phi) is 7.17. The number of methoxy groups -OCH3 is 2. The summed E-state index contributed by atoms with van der Waals surface area (Å²) in [6, 6.07) is 14.4. The largest absolute Gasteiger partial charge is 0.493 e. The van der Waals surface area contributed by atoms with Crippen LogP contribution in [0, 0.1) is 0 Å². The van der Waals surface area contributed by atoms with Crippen molar-refractivity contribution in [2.24, 2.45) is 0 Å². The molecule has 2 fully saturated rings. The lowest BCUT2D eigenvalue weighted by molar-refractivity contribution is -0.121. The standard InChI is InChI=1S/C28H36N6O3/c1-32(27-30-23-17-25(37-3)24(36-2)16-22(23)26(29)31-27)19-28(20-8-5-4-6-9-20)11-14-33(15-12-28)34-13-7-10-21(34)18-35/h4-6,8-9,16-18,21H,7,10-15,19H2,1-3H3,(H2,29,30,31). The number of carbonyl (C=O) groups is 1. The molecule has 2 saturated heterocycles. The van der Waals surface area contributed by atoms with Crippen molar-refractivity contribution >= 4 is 29.0 Å². The highest BCUT2D eigenvalue weighted by atomic mass is 16.5. The molecule has 1 atom stereocenters. The highest BCUT2D eigenvalue weighted by molar-refractivity contribution is 5.91. The molecule has 0 spiro atoms. The van der Waals surface area contributed by atoms with Crippen LogP contribution in [0.1, 0.15) is 31.2 Å². The minimum absolute atomic E-state index is 0.0106. The summed E-state index contributed by atoms with van der Waals surface area (Å²) in [6.45, 7) is 3.52. The van der Waals surface area contributed by atoms with Crippen LogP contribution in [0.5, 0.6) is 11.5 Å². The van der Waals surface area contributed by atoms with Crippen LogP contribution in [-0.4, -0.2) is 79.8 Å². The summed E-state index contributed by atoms with van der Waals surface area (Å²) in [4.78, 5) is 23.2. The number of anilines is 2. The number of aldehydes is 1. The first-order valence-corrected chi connectivity index (χ1v) is 12.9. The number of carbonyl (C=O) groups excluding carboxylic acids is 1. The fraction of sp³-hybridized carbons (Fsp3) is 0.464. The van der Waals surface area contributed by atoms with Gasteiger partial charge in [0.05, 0.1) is 25.8 Å². The maximum absolute atomic E-state index is 11.6. The molecule has 2 aliphatic heterocycles. The van der Waals surface area contributed by atoms with Crippen LogP contribution in [-0.2, 0) is 10.2 Å². The van der Waals surface area contributed by atoms with E-state index < -0.39 is 0 Å². The summed E-state index contributed by atoms with van der Waals surface area (Å²) in [7, 11) is 5.23. The highest BCUT2D eigenvalue weighted by Gasteiger charge is 2.40. The van der Waals surface area contributed by atoms with Crippen molar-refractivity contribution in [1.82, 2.24) is 20.0 Å². The Morgan fingerprint density at radius 2 is 1.78 bits per heavy atom. The molecule has 2 aromatic carbocycles. The lowest BCUT2D eigenvalue weighted by Gasteiger charge is -2.47. The zero-order valence-electron chi connectivity index (χ0n) is 21.9. The Hall–Kier alpha value is -3.43. The van der Waals surface area contributed by atoms with Crippen molar-refractivity contribution in [1.29, 1.82) is 0 Å². The van der Waals surface area contributed by atoms with Gasteiger partial charge in [0, 0.05) is 50.1 Å². The number of benzene rings is 2. The molecule has 9 heteroatoms. The third-order valence-electron chi connectivity index (χ3n) is 7.97. The summed E-state index contributed by atoms with van der Waals surface area (Å²) in [5, 5.41) is 5.40. The summed E-state index contributed by atoms with van der Waals surface area (Å²) in [5.74, 6) is 2.18. The van der Waals surface area contributed by atoms with E-state index in [-0.39, 0.29) is 11.5 Å². The Morgan fingerprint density at radius 1 is 1.08 bits per heavy atom. The van der Waals surface area contributed by atoms with E-state index >= 15 is 0 Å². The van der Waals surface area contributed by atoms with Gasteiger partial charge in [0.1, 0.15) is 12.1 Å². The van der Waals surface area contributed by atoms with E-state index in [1.54, 1.807) is 14.2 Å². The number of fused-ring (bicyclic) bond motifs is 1. The number of hydrogen-bond acceptors (Lipinski definition) is 9. The molecule has 0 amide bonds. The monoisotopic (exact) mass is 504 g/mol. The minimum Gasteiger partial charge on any atom is -0.493 e. The third-order valence-corrected chi connectivity index (χ3v) is 7.97. The molecule has 2 aliphatic rings. The van der Waals surface area contributed by atoms with E-state index in [9.17, 15) is 4.79 Å². The van der Waals surface area contributed by atoms with Gasteiger partial charge in [-0.15, -0.1) is 0 Å². The van der Waals surface area contributed by atoms with Crippen molar-refractivity contribution in [3.63, 3.8) is 0 Å². The number of ether oxygens (including phenoxy) is 2. The van der Waals surface area contributed by atoms with Crippen LogP contribution in [0.15, 0.2) is 42.5 Å². The molecule has 1 unspecified atom stereocenters. The molecule has 1 aromatic heterocycles. The van der Waals surface area contributed by atoms with E-state index in [1.807, 2.05) is 19.2 Å². The van der Waals surface area contributed by atoms with Crippen molar-refractivity contribution in [3.8, 4) is 11.5 Å². The predicted octanol–water partition coefficient (Wildman–Crippen LogP) is 3.28. The molecule has 2 N–H and O–H groups in total. The topological polar surface area (TPSA) is 97.1 Å². The number of likely N-dealkylation sites (N-methyl/N-ethyl adjacent to an activating group) is 1. The Morgan fingerprint density at radius 3 is 2.46 bits per heavy atom. The van der Waals surface area contributed by atoms with Gasteiger partial charge in [-0.05, 0) is 37.3 Å².